The fraction of sp³-hybridized carbons (Fsp3) is 0.333. The number of carboxylic acid groups (broad SMARTS) is 2. The van der Waals surface area contributed by atoms with Crippen LogP contribution in [0.2, 0.25) is 0 Å². The normalized spacial score (nSPS) is 15.5. The van der Waals surface area contributed by atoms with Gasteiger partial charge in [0.05, 0.1) is 5.92 Å². The first-order valence-electron chi connectivity index (χ1n) is 6.57. The van der Waals surface area contributed by atoms with Crippen molar-refractivity contribution in [1.29, 1.82) is 0 Å². The van der Waals surface area contributed by atoms with E-state index in [0.29, 0.717) is 5.56 Å². The Labute approximate surface area is 121 Å². The third-order valence-corrected chi connectivity index (χ3v) is 3.62. The molecule has 2 rings (SSSR count). The molecule has 0 aliphatic heterocycles. The summed E-state index contributed by atoms with van der Waals surface area (Å²) in [5.74, 6) is -3.49. The van der Waals surface area contributed by atoms with E-state index >= 15 is 0 Å². The van der Waals surface area contributed by atoms with Gasteiger partial charge in [0.2, 0.25) is 0 Å². The maximum atomic E-state index is 11.4. The highest BCUT2D eigenvalue weighted by Crippen LogP contribution is 2.27. The lowest BCUT2D eigenvalue weighted by atomic mass is 9.86. The summed E-state index contributed by atoms with van der Waals surface area (Å²) >= 11 is 0. The molecule has 0 bridgehead atoms. The molecular formula is C15H17NO5. The van der Waals surface area contributed by atoms with E-state index in [1.54, 1.807) is 6.20 Å². The van der Waals surface area contributed by atoms with Crippen molar-refractivity contribution in [3.63, 3.8) is 0 Å². The monoisotopic (exact) mass is 291 g/mol. The van der Waals surface area contributed by atoms with Crippen molar-refractivity contribution in [3.05, 3.63) is 36.0 Å². The van der Waals surface area contributed by atoms with Gasteiger partial charge in [-0.15, -0.1) is 0 Å². The van der Waals surface area contributed by atoms with Gasteiger partial charge < -0.3 is 20.3 Å². The zero-order valence-electron chi connectivity index (χ0n) is 11.5. The van der Waals surface area contributed by atoms with Crippen molar-refractivity contribution in [3.8, 4) is 0 Å². The largest absolute Gasteiger partial charge is 0.481 e. The third-order valence-electron chi connectivity index (χ3n) is 3.62. The van der Waals surface area contributed by atoms with Gasteiger partial charge in [-0.2, -0.15) is 0 Å². The Balaban J connectivity index is 2.31. The molecule has 0 saturated heterocycles. The van der Waals surface area contributed by atoms with Gasteiger partial charge in [0.25, 0.3) is 0 Å². The number of aliphatic hydroxyl groups is 1. The Kier molecular flexibility index (Phi) is 3.99. The molecule has 0 aliphatic carbocycles. The number of aliphatic carboxylic acids is 2. The Hall–Kier alpha value is -2.34. The number of H-pyrrole nitrogens is 1. The molecule has 1 heterocycles. The molecule has 0 fully saturated rings. The summed E-state index contributed by atoms with van der Waals surface area (Å²) in [4.78, 5) is 25.3. The number of rotatable bonds is 6. The number of carbonyl (C=O) groups is 2. The van der Waals surface area contributed by atoms with Crippen LogP contribution < -0.4 is 0 Å². The van der Waals surface area contributed by atoms with Gasteiger partial charge in [-0.25, -0.2) is 4.79 Å². The minimum absolute atomic E-state index is 0.149. The van der Waals surface area contributed by atoms with Gasteiger partial charge >= 0.3 is 11.9 Å². The summed E-state index contributed by atoms with van der Waals surface area (Å²) in [5, 5.41) is 29.4. The molecule has 0 amide bonds. The van der Waals surface area contributed by atoms with Crippen LogP contribution in [0, 0.1) is 5.92 Å². The predicted octanol–water partition coefficient (Wildman–Crippen LogP) is 1.64. The molecule has 0 aliphatic rings. The number of hydrogen-bond acceptors (Lipinski definition) is 3. The van der Waals surface area contributed by atoms with E-state index in [2.05, 4.69) is 4.98 Å². The van der Waals surface area contributed by atoms with Crippen LogP contribution in [0.25, 0.3) is 10.9 Å². The second-order valence-corrected chi connectivity index (χ2v) is 5.32. The van der Waals surface area contributed by atoms with Crippen molar-refractivity contribution < 1.29 is 24.9 Å². The molecule has 0 saturated carbocycles. The van der Waals surface area contributed by atoms with Crippen LogP contribution in [-0.4, -0.2) is 37.8 Å². The van der Waals surface area contributed by atoms with Crippen molar-refractivity contribution in [2.24, 2.45) is 5.92 Å². The van der Waals surface area contributed by atoms with Crippen LogP contribution in [-0.2, 0) is 16.0 Å². The average molecular weight is 291 g/mol. The van der Waals surface area contributed by atoms with Crippen molar-refractivity contribution >= 4 is 22.8 Å². The SMILES string of the molecule is CC(C[C@](O)(Cc1c[nH]c2ccccc12)C(=O)O)C(=O)O. The first-order valence-corrected chi connectivity index (χ1v) is 6.57. The number of para-hydroxylation sites is 1. The van der Waals surface area contributed by atoms with Crippen molar-refractivity contribution in [1.82, 2.24) is 4.98 Å². The van der Waals surface area contributed by atoms with Crippen LogP contribution >= 0.6 is 0 Å². The van der Waals surface area contributed by atoms with Gasteiger partial charge in [-0.05, 0) is 11.6 Å². The summed E-state index contributed by atoms with van der Waals surface area (Å²) in [7, 11) is 0. The lowest BCUT2D eigenvalue weighted by Gasteiger charge is -2.25. The molecule has 1 unspecified atom stereocenters. The molecule has 6 heteroatoms. The highest BCUT2D eigenvalue weighted by molar-refractivity contribution is 5.85. The zero-order chi connectivity index (χ0) is 15.6. The molecule has 112 valence electrons. The smallest absolute Gasteiger partial charge is 0.336 e. The Morgan fingerprint density at radius 2 is 1.95 bits per heavy atom. The van der Waals surface area contributed by atoms with Crippen LogP contribution in [0.1, 0.15) is 18.9 Å². The van der Waals surface area contributed by atoms with Crippen molar-refractivity contribution in [2.45, 2.75) is 25.4 Å². The number of benzene rings is 1. The van der Waals surface area contributed by atoms with Crippen molar-refractivity contribution in [2.75, 3.05) is 0 Å². The highest BCUT2D eigenvalue weighted by Gasteiger charge is 2.39. The molecule has 0 radical (unpaired) electrons. The molecule has 4 N–H and O–H groups in total. The lowest BCUT2D eigenvalue weighted by molar-refractivity contribution is -0.162. The first-order chi connectivity index (χ1) is 9.83. The fourth-order valence-corrected chi connectivity index (χ4v) is 2.42. The van der Waals surface area contributed by atoms with E-state index in [1.165, 1.54) is 6.92 Å². The zero-order valence-corrected chi connectivity index (χ0v) is 11.5. The van der Waals surface area contributed by atoms with Gasteiger partial charge in [-0.3, -0.25) is 4.79 Å². The van der Waals surface area contributed by atoms with Gasteiger partial charge in [0.1, 0.15) is 0 Å². The maximum absolute atomic E-state index is 11.4. The summed E-state index contributed by atoms with van der Waals surface area (Å²) < 4.78 is 0. The number of fused-ring (bicyclic) bond motifs is 1. The lowest BCUT2D eigenvalue weighted by Crippen LogP contribution is -2.43. The number of hydrogen-bond donors (Lipinski definition) is 4. The van der Waals surface area contributed by atoms with Gasteiger partial charge in [0.15, 0.2) is 5.60 Å². The summed E-state index contributed by atoms with van der Waals surface area (Å²) in [6, 6.07) is 7.33. The van der Waals surface area contributed by atoms with Crippen LogP contribution in [0.15, 0.2) is 30.5 Å². The average Bonchev–Trinajstić information content (AvgIpc) is 2.81. The summed E-state index contributed by atoms with van der Waals surface area (Å²) in [6.45, 7) is 1.38. The Bertz CT molecular complexity index is 678. The number of aromatic amines is 1. The number of aromatic nitrogens is 1. The molecule has 1 aromatic carbocycles. The third kappa shape index (κ3) is 3.05. The van der Waals surface area contributed by atoms with E-state index in [9.17, 15) is 19.8 Å². The topological polar surface area (TPSA) is 111 Å². The number of nitrogens with one attached hydrogen (secondary N) is 1. The first kappa shape index (κ1) is 15.1. The summed E-state index contributed by atoms with van der Waals surface area (Å²) in [6.07, 6.45) is 1.14. The minimum Gasteiger partial charge on any atom is -0.481 e. The molecular weight excluding hydrogens is 274 g/mol. The second-order valence-electron chi connectivity index (χ2n) is 5.32. The molecule has 1 aromatic heterocycles. The van der Waals surface area contributed by atoms with Crippen LogP contribution in [0.5, 0.6) is 0 Å². The van der Waals surface area contributed by atoms with E-state index in [0.717, 1.165) is 10.9 Å². The molecule has 2 aromatic rings. The Morgan fingerprint density at radius 1 is 1.29 bits per heavy atom. The van der Waals surface area contributed by atoms with Crippen LogP contribution in [0.4, 0.5) is 0 Å². The predicted molar refractivity (Wildman–Crippen MR) is 76.0 cm³/mol. The Morgan fingerprint density at radius 3 is 2.57 bits per heavy atom. The molecule has 6 nitrogen and oxygen atoms in total. The molecule has 2 atom stereocenters. The quantitative estimate of drug-likeness (QED) is 0.646. The minimum atomic E-state index is -2.11. The van der Waals surface area contributed by atoms with E-state index in [4.69, 9.17) is 5.11 Å². The van der Waals surface area contributed by atoms with Gasteiger partial charge in [0, 0.05) is 29.9 Å². The maximum Gasteiger partial charge on any atom is 0.336 e. The molecule has 21 heavy (non-hydrogen) atoms. The van der Waals surface area contributed by atoms with Crippen LogP contribution in [0.3, 0.4) is 0 Å². The number of carboxylic acids is 2. The summed E-state index contributed by atoms with van der Waals surface area (Å²) in [5.41, 5.74) is -0.623. The van der Waals surface area contributed by atoms with Gasteiger partial charge in [-0.1, -0.05) is 25.1 Å². The fourth-order valence-electron chi connectivity index (χ4n) is 2.42. The van der Waals surface area contributed by atoms with E-state index in [-0.39, 0.29) is 12.8 Å². The van der Waals surface area contributed by atoms with E-state index in [1.807, 2.05) is 24.3 Å². The second kappa shape index (κ2) is 5.57. The molecule has 0 spiro atoms. The highest BCUT2D eigenvalue weighted by atomic mass is 16.4. The van der Waals surface area contributed by atoms with E-state index < -0.39 is 23.5 Å². The standard InChI is InChI=1S/C15H17NO5/c1-9(13(17)18)6-15(21,14(19)20)7-10-8-16-12-5-3-2-4-11(10)12/h2-5,8-9,16,21H,6-7H2,1H3,(H,17,18)(H,19,20)/t9?,15-/m0/s1.